The van der Waals surface area contributed by atoms with Crippen LogP contribution >= 0.6 is 0 Å². The van der Waals surface area contributed by atoms with E-state index in [0.717, 1.165) is 43.7 Å². The first-order chi connectivity index (χ1) is 15.2. The summed E-state index contributed by atoms with van der Waals surface area (Å²) >= 11 is 0. The van der Waals surface area contributed by atoms with Gasteiger partial charge in [0, 0.05) is 43.4 Å². The molecule has 6 nitrogen and oxygen atoms in total. The molecule has 0 radical (unpaired) electrons. The largest absolute Gasteiger partial charge is 0.370 e. The van der Waals surface area contributed by atoms with Gasteiger partial charge in [-0.2, -0.15) is 5.10 Å². The Kier molecular flexibility index (Phi) is 5.14. The molecule has 3 N–H and O–H groups in total. The number of amides is 1. The summed E-state index contributed by atoms with van der Waals surface area (Å²) in [6, 6.07) is 22.4. The number of nitrogens with two attached hydrogens (primary N) is 1. The van der Waals surface area contributed by atoms with Crippen LogP contribution in [0.25, 0.3) is 16.6 Å². The number of rotatable bonds is 7. The van der Waals surface area contributed by atoms with Gasteiger partial charge in [-0.15, -0.1) is 0 Å². The number of nitrogens with zero attached hydrogens (tertiary/aromatic N) is 3. The highest BCUT2D eigenvalue weighted by Gasteiger charge is 2.17. The molecule has 0 atom stereocenters. The van der Waals surface area contributed by atoms with Crippen molar-refractivity contribution in [3.05, 3.63) is 89.6 Å². The van der Waals surface area contributed by atoms with E-state index in [9.17, 15) is 4.79 Å². The fraction of sp³-hybridized carbons (Fsp3) is 0.200. The predicted molar refractivity (Wildman–Crippen MR) is 124 cm³/mol. The van der Waals surface area contributed by atoms with E-state index in [0.29, 0.717) is 11.1 Å². The first kappa shape index (κ1) is 19.3. The Morgan fingerprint density at radius 3 is 2.71 bits per heavy atom. The summed E-state index contributed by atoms with van der Waals surface area (Å²) in [6.07, 6.45) is 3.06. The lowest BCUT2D eigenvalue weighted by atomic mass is 10.1. The topological polar surface area (TPSA) is 76.2 Å². The first-order valence-electron chi connectivity index (χ1n) is 10.6. The normalized spacial score (nSPS) is 13.0. The number of nitrogens with one attached hydrogen (secondary N) is 1. The average Bonchev–Trinajstić information content (AvgIpc) is 3.41. The van der Waals surface area contributed by atoms with Gasteiger partial charge in [0.2, 0.25) is 0 Å². The maximum absolute atomic E-state index is 11.6. The van der Waals surface area contributed by atoms with E-state index in [1.807, 2.05) is 30.5 Å². The molecule has 3 aromatic carbocycles. The minimum absolute atomic E-state index is 0.442. The minimum atomic E-state index is -0.463. The van der Waals surface area contributed by atoms with Crippen LogP contribution in [-0.2, 0) is 13.0 Å². The van der Waals surface area contributed by atoms with Crippen LogP contribution in [0, 0.1) is 0 Å². The summed E-state index contributed by atoms with van der Waals surface area (Å²) in [5.74, 6) is -0.463. The van der Waals surface area contributed by atoms with E-state index < -0.39 is 5.91 Å². The fourth-order valence-electron chi connectivity index (χ4n) is 4.23. The van der Waals surface area contributed by atoms with Crippen LogP contribution in [0.3, 0.4) is 0 Å². The number of hydrogen-bond acceptors (Lipinski definition) is 4. The zero-order valence-corrected chi connectivity index (χ0v) is 17.3. The van der Waals surface area contributed by atoms with Gasteiger partial charge in [0.05, 0.1) is 11.3 Å². The van der Waals surface area contributed by atoms with Crippen LogP contribution in [0.2, 0.25) is 0 Å². The zero-order chi connectivity index (χ0) is 21.2. The number of benzene rings is 3. The predicted octanol–water partition coefficient (Wildman–Crippen LogP) is 3.28. The number of fused-ring (bicyclic) bond motifs is 2. The molecule has 31 heavy (non-hydrogen) atoms. The van der Waals surface area contributed by atoms with Crippen molar-refractivity contribution in [1.29, 1.82) is 0 Å². The molecule has 4 aromatic rings. The molecule has 1 aliphatic heterocycles. The number of hydrogen-bond donors (Lipinski definition) is 2. The van der Waals surface area contributed by atoms with Gasteiger partial charge in [-0.05, 0) is 41.8 Å². The summed E-state index contributed by atoms with van der Waals surface area (Å²) in [6.45, 7) is 3.88. The quantitative estimate of drug-likeness (QED) is 0.458. The highest BCUT2D eigenvalue weighted by Crippen LogP contribution is 2.26. The van der Waals surface area contributed by atoms with E-state index in [1.165, 1.54) is 16.8 Å². The SMILES string of the molecule is NC(=O)c1cccc2cn(-c3ccc(CNCCN4CCc5ccccc54)cc3)nc12. The van der Waals surface area contributed by atoms with Crippen molar-refractivity contribution < 1.29 is 4.79 Å². The Morgan fingerprint density at radius 1 is 1.03 bits per heavy atom. The summed E-state index contributed by atoms with van der Waals surface area (Å²) in [7, 11) is 0. The molecule has 0 saturated carbocycles. The third-order valence-corrected chi connectivity index (χ3v) is 5.87. The highest BCUT2D eigenvalue weighted by atomic mass is 16.1. The molecule has 0 saturated heterocycles. The van der Waals surface area contributed by atoms with Gasteiger partial charge in [-0.25, -0.2) is 4.68 Å². The smallest absolute Gasteiger partial charge is 0.250 e. The van der Waals surface area contributed by atoms with Crippen molar-refractivity contribution in [2.45, 2.75) is 13.0 Å². The number of primary amides is 1. The molecule has 0 spiro atoms. The van der Waals surface area contributed by atoms with Crippen LogP contribution in [0.4, 0.5) is 5.69 Å². The van der Waals surface area contributed by atoms with Gasteiger partial charge in [-0.1, -0.05) is 42.5 Å². The number of anilines is 1. The summed E-state index contributed by atoms with van der Waals surface area (Å²) in [5, 5.41) is 9.01. The molecule has 2 heterocycles. The molecule has 5 rings (SSSR count). The average molecular weight is 412 g/mol. The minimum Gasteiger partial charge on any atom is -0.370 e. The number of carbonyl (C=O) groups is 1. The lowest BCUT2D eigenvalue weighted by Crippen LogP contribution is -2.30. The Labute approximate surface area is 181 Å². The highest BCUT2D eigenvalue weighted by molar-refractivity contribution is 6.04. The van der Waals surface area contributed by atoms with Crippen molar-refractivity contribution in [2.24, 2.45) is 5.73 Å². The molecular formula is C25H25N5O. The van der Waals surface area contributed by atoms with Gasteiger partial charge >= 0.3 is 0 Å². The second-order valence-corrected chi connectivity index (χ2v) is 7.89. The molecule has 0 bridgehead atoms. The Morgan fingerprint density at radius 2 is 1.87 bits per heavy atom. The van der Waals surface area contributed by atoms with E-state index in [2.05, 4.69) is 51.7 Å². The number of aromatic nitrogens is 2. The molecule has 6 heteroatoms. The maximum Gasteiger partial charge on any atom is 0.250 e. The molecule has 1 amide bonds. The van der Waals surface area contributed by atoms with Crippen molar-refractivity contribution >= 4 is 22.5 Å². The van der Waals surface area contributed by atoms with Crippen LogP contribution in [0.15, 0.2) is 72.9 Å². The monoisotopic (exact) mass is 411 g/mol. The molecule has 156 valence electrons. The van der Waals surface area contributed by atoms with E-state index in [1.54, 1.807) is 10.7 Å². The third kappa shape index (κ3) is 3.90. The maximum atomic E-state index is 11.6. The Hall–Kier alpha value is -3.64. The Bertz CT molecular complexity index is 1230. The summed E-state index contributed by atoms with van der Waals surface area (Å²) in [4.78, 5) is 14.1. The fourth-order valence-corrected chi connectivity index (χ4v) is 4.23. The number of para-hydroxylation sites is 1. The number of carbonyl (C=O) groups excluding carboxylic acids is 1. The standard InChI is InChI=1S/C25H25N5O/c26-25(31)22-6-3-5-20-17-30(28-24(20)22)21-10-8-18(9-11-21)16-27-13-15-29-14-12-19-4-1-2-7-23(19)29/h1-11,17,27H,12-16H2,(H2,26,31). The van der Waals surface area contributed by atoms with Gasteiger partial charge in [0.25, 0.3) is 5.91 Å². The second-order valence-electron chi connectivity index (χ2n) is 7.89. The van der Waals surface area contributed by atoms with Crippen LogP contribution < -0.4 is 16.0 Å². The molecule has 1 aromatic heterocycles. The van der Waals surface area contributed by atoms with E-state index in [-0.39, 0.29) is 0 Å². The van der Waals surface area contributed by atoms with Crippen molar-refractivity contribution in [2.75, 3.05) is 24.5 Å². The lowest BCUT2D eigenvalue weighted by molar-refractivity contribution is 0.100. The zero-order valence-electron chi connectivity index (χ0n) is 17.3. The van der Waals surface area contributed by atoms with Gasteiger partial charge in [-0.3, -0.25) is 4.79 Å². The molecule has 0 aliphatic carbocycles. The van der Waals surface area contributed by atoms with Crippen molar-refractivity contribution in [3.8, 4) is 5.69 Å². The molecule has 0 unspecified atom stereocenters. The first-order valence-corrected chi connectivity index (χ1v) is 10.6. The van der Waals surface area contributed by atoms with E-state index in [4.69, 9.17) is 5.73 Å². The second kappa shape index (κ2) is 8.24. The molecule has 1 aliphatic rings. The van der Waals surface area contributed by atoms with Gasteiger partial charge < -0.3 is 16.0 Å². The molecular weight excluding hydrogens is 386 g/mol. The van der Waals surface area contributed by atoms with Crippen LogP contribution in [0.1, 0.15) is 21.5 Å². The van der Waals surface area contributed by atoms with E-state index >= 15 is 0 Å². The molecule has 0 fully saturated rings. The Balaban J connectivity index is 1.20. The summed E-state index contributed by atoms with van der Waals surface area (Å²) in [5.41, 5.74) is 11.5. The van der Waals surface area contributed by atoms with Crippen LogP contribution in [0.5, 0.6) is 0 Å². The van der Waals surface area contributed by atoms with Gasteiger partial charge in [0.15, 0.2) is 0 Å². The van der Waals surface area contributed by atoms with Crippen molar-refractivity contribution in [1.82, 2.24) is 15.1 Å². The van der Waals surface area contributed by atoms with Gasteiger partial charge in [0.1, 0.15) is 5.52 Å². The lowest BCUT2D eigenvalue weighted by Gasteiger charge is -2.19. The van der Waals surface area contributed by atoms with Crippen LogP contribution in [-0.4, -0.2) is 35.3 Å². The third-order valence-electron chi connectivity index (χ3n) is 5.87. The van der Waals surface area contributed by atoms with Crippen molar-refractivity contribution in [3.63, 3.8) is 0 Å². The summed E-state index contributed by atoms with van der Waals surface area (Å²) < 4.78 is 1.79.